The van der Waals surface area contributed by atoms with Crippen LogP contribution in [-0.2, 0) is 9.59 Å². The van der Waals surface area contributed by atoms with E-state index in [0.29, 0.717) is 6.42 Å². The molecule has 0 aromatic heterocycles. The van der Waals surface area contributed by atoms with Crippen LogP contribution >= 0.6 is 11.8 Å². The van der Waals surface area contributed by atoms with Crippen LogP contribution in [0.5, 0.6) is 0 Å². The van der Waals surface area contributed by atoms with E-state index in [4.69, 9.17) is 17.3 Å². The minimum atomic E-state index is -1.10. The Morgan fingerprint density at radius 2 is 2.25 bits per heavy atom. The summed E-state index contributed by atoms with van der Waals surface area (Å²) in [6, 6.07) is -0.680. The maximum Gasteiger partial charge on any atom is 0.323 e. The second kappa shape index (κ2) is 8.02. The molecular weight excluding hydrogens is 228 g/mol. The van der Waals surface area contributed by atoms with Crippen LogP contribution in [0.4, 0.5) is 0 Å². The van der Waals surface area contributed by atoms with Crippen LogP contribution in [0, 0.1) is 12.3 Å². The number of nitrogens with two attached hydrogens (primary N) is 1. The quantitative estimate of drug-likeness (QED) is 0.596. The van der Waals surface area contributed by atoms with Gasteiger partial charge in [0.15, 0.2) is 0 Å². The topological polar surface area (TPSA) is 83.6 Å². The second-order valence-electron chi connectivity index (χ2n) is 3.18. The third-order valence-electron chi connectivity index (χ3n) is 1.87. The van der Waals surface area contributed by atoms with Gasteiger partial charge in [0.2, 0.25) is 5.91 Å². The van der Waals surface area contributed by atoms with Crippen LogP contribution in [0.3, 0.4) is 0 Å². The van der Waals surface area contributed by atoms with E-state index in [1.54, 1.807) is 11.8 Å². The first-order valence-corrected chi connectivity index (χ1v) is 6.10. The zero-order valence-electron chi connectivity index (χ0n) is 9.18. The number of thioether (sulfide) groups is 1. The van der Waals surface area contributed by atoms with Crippen molar-refractivity contribution in [2.45, 2.75) is 12.5 Å². The summed E-state index contributed by atoms with van der Waals surface area (Å²) in [5.41, 5.74) is 5.64. The van der Waals surface area contributed by atoms with Crippen molar-refractivity contribution in [1.82, 2.24) is 4.90 Å². The molecule has 0 rings (SSSR count). The lowest BCUT2D eigenvalue weighted by Gasteiger charge is -2.21. The zero-order valence-corrected chi connectivity index (χ0v) is 10.00. The third kappa shape index (κ3) is 5.63. The predicted octanol–water partition coefficient (Wildman–Crippen LogP) is -0.387. The number of nitrogens with zero attached hydrogens (tertiary/aromatic N) is 1. The molecule has 0 fully saturated rings. The van der Waals surface area contributed by atoms with Crippen molar-refractivity contribution in [2.75, 3.05) is 25.1 Å². The molecule has 0 radical (unpaired) electrons. The van der Waals surface area contributed by atoms with Crippen molar-refractivity contribution in [1.29, 1.82) is 0 Å². The minimum Gasteiger partial charge on any atom is -0.480 e. The summed E-state index contributed by atoms with van der Waals surface area (Å²) >= 11 is 1.58. The maximum atomic E-state index is 11.7. The van der Waals surface area contributed by atoms with Crippen LogP contribution < -0.4 is 5.73 Å². The number of terminal acetylenes is 1. The molecule has 3 N–H and O–H groups in total. The molecular formula is C10H16N2O3S. The Morgan fingerprint density at radius 1 is 1.62 bits per heavy atom. The van der Waals surface area contributed by atoms with Crippen molar-refractivity contribution in [3.05, 3.63) is 0 Å². The lowest BCUT2D eigenvalue weighted by Crippen LogP contribution is -2.46. The SMILES string of the molecule is C#CCN(CC(=O)O)C(=O)[C@@H](N)CCSC. The fourth-order valence-electron chi connectivity index (χ4n) is 1.09. The highest BCUT2D eigenvalue weighted by Gasteiger charge is 2.21. The fraction of sp³-hybridized carbons (Fsp3) is 0.600. The van der Waals surface area contributed by atoms with Crippen LogP contribution in [0.2, 0.25) is 0 Å². The van der Waals surface area contributed by atoms with Crippen molar-refractivity contribution >= 4 is 23.6 Å². The van der Waals surface area contributed by atoms with E-state index < -0.39 is 24.5 Å². The Hall–Kier alpha value is -1.19. The van der Waals surface area contributed by atoms with E-state index in [-0.39, 0.29) is 6.54 Å². The Labute approximate surface area is 99.4 Å². The molecule has 16 heavy (non-hydrogen) atoms. The average molecular weight is 244 g/mol. The molecule has 90 valence electrons. The smallest absolute Gasteiger partial charge is 0.323 e. The summed E-state index contributed by atoms with van der Waals surface area (Å²) in [6.07, 6.45) is 7.49. The van der Waals surface area contributed by atoms with Gasteiger partial charge in [-0.15, -0.1) is 6.42 Å². The number of carboxylic acid groups (broad SMARTS) is 1. The van der Waals surface area contributed by atoms with Gasteiger partial charge in [-0.1, -0.05) is 5.92 Å². The van der Waals surface area contributed by atoms with E-state index in [1.807, 2.05) is 6.26 Å². The number of carbonyl (C=O) groups excluding carboxylic acids is 1. The first kappa shape index (κ1) is 14.8. The molecule has 1 amide bonds. The summed E-state index contributed by atoms with van der Waals surface area (Å²) in [7, 11) is 0. The number of rotatable bonds is 7. The molecule has 0 aliphatic rings. The van der Waals surface area contributed by atoms with E-state index in [1.165, 1.54) is 0 Å². The van der Waals surface area contributed by atoms with Gasteiger partial charge in [-0.3, -0.25) is 9.59 Å². The monoisotopic (exact) mass is 244 g/mol. The Balaban J connectivity index is 4.36. The summed E-state index contributed by atoms with van der Waals surface area (Å²) < 4.78 is 0. The first-order chi connectivity index (χ1) is 7.52. The van der Waals surface area contributed by atoms with Crippen LogP contribution in [0.15, 0.2) is 0 Å². The molecule has 0 heterocycles. The maximum absolute atomic E-state index is 11.7. The zero-order chi connectivity index (χ0) is 12.6. The van der Waals surface area contributed by atoms with Crippen LogP contribution in [0.25, 0.3) is 0 Å². The minimum absolute atomic E-state index is 0.0297. The Morgan fingerprint density at radius 3 is 2.69 bits per heavy atom. The molecule has 5 nitrogen and oxygen atoms in total. The number of amides is 1. The van der Waals surface area contributed by atoms with Gasteiger partial charge in [0, 0.05) is 0 Å². The Bertz CT molecular complexity index is 288. The summed E-state index contributed by atoms with van der Waals surface area (Å²) in [5, 5.41) is 8.61. The molecule has 0 saturated heterocycles. The van der Waals surface area contributed by atoms with Gasteiger partial charge in [-0.05, 0) is 18.4 Å². The van der Waals surface area contributed by atoms with Crippen molar-refractivity contribution in [2.24, 2.45) is 5.73 Å². The number of hydrogen-bond donors (Lipinski definition) is 2. The van der Waals surface area contributed by atoms with E-state index in [0.717, 1.165) is 10.7 Å². The lowest BCUT2D eigenvalue weighted by molar-refractivity contribution is -0.144. The van der Waals surface area contributed by atoms with Gasteiger partial charge in [0.25, 0.3) is 0 Å². The van der Waals surface area contributed by atoms with E-state index in [2.05, 4.69) is 5.92 Å². The lowest BCUT2D eigenvalue weighted by atomic mass is 10.2. The van der Waals surface area contributed by atoms with Gasteiger partial charge in [-0.2, -0.15) is 11.8 Å². The third-order valence-corrected chi connectivity index (χ3v) is 2.51. The van der Waals surface area contributed by atoms with E-state index in [9.17, 15) is 9.59 Å². The second-order valence-corrected chi connectivity index (χ2v) is 4.17. The van der Waals surface area contributed by atoms with Gasteiger partial charge in [0.05, 0.1) is 12.6 Å². The average Bonchev–Trinajstić information content (AvgIpc) is 2.23. The van der Waals surface area contributed by atoms with Crippen molar-refractivity contribution in [3.63, 3.8) is 0 Å². The molecule has 0 saturated carbocycles. The molecule has 0 aliphatic heterocycles. The molecule has 0 aromatic rings. The van der Waals surface area contributed by atoms with Gasteiger partial charge in [-0.25, -0.2) is 0 Å². The van der Waals surface area contributed by atoms with Crippen molar-refractivity contribution < 1.29 is 14.7 Å². The summed E-state index contributed by atoms with van der Waals surface area (Å²) in [4.78, 5) is 23.3. The molecule has 0 bridgehead atoms. The normalized spacial score (nSPS) is 11.6. The standard InChI is InChI=1S/C10H16N2O3S/c1-3-5-12(7-9(13)14)10(15)8(11)4-6-16-2/h1,8H,4-7,11H2,2H3,(H,13,14)/t8-/m0/s1. The molecule has 0 aliphatic carbocycles. The van der Waals surface area contributed by atoms with Gasteiger partial charge < -0.3 is 15.7 Å². The van der Waals surface area contributed by atoms with Crippen molar-refractivity contribution in [3.8, 4) is 12.3 Å². The van der Waals surface area contributed by atoms with Gasteiger partial charge in [0.1, 0.15) is 6.54 Å². The molecule has 0 aromatic carbocycles. The number of hydrogen-bond acceptors (Lipinski definition) is 4. The first-order valence-electron chi connectivity index (χ1n) is 4.71. The number of aliphatic carboxylic acids is 1. The predicted molar refractivity (Wildman–Crippen MR) is 64.0 cm³/mol. The fourth-order valence-corrected chi connectivity index (χ4v) is 1.58. The highest BCUT2D eigenvalue weighted by atomic mass is 32.2. The summed E-state index contributed by atoms with van der Waals surface area (Å²) in [6.45, 7) is -0.436. The van der Waals surface area contributed by atoms with Gasteiger partial charge >= 0.3 is 5.97 Å². The molecule has 1 atom stereocenters. The Kier molecular flexibility index (Phi) is 7.42. The van der Waals surface area contributed by atoms with Crippen LogP contribution in [0.1, 0.15) is 6.42 Å². The van der Waals surface area contributed by atoms with E-state index >= 15 is 0 Å². The number of carboxylic acids is 1. The molecule has 0 unspecified atom stereocenters. The molecule has 6 heteroatoms. The highest BCUT2D eigenvalue weighted by Crippen LogP contribution is 2.02. The van der Waals surface area contributed by atoms with Crippen LogP contribution in [-0.4, -0.2) is 53.0 Å². The highest BCUT2D eigenvalue weighted by molar-refractivity contribution is 7.98. The molecule has 0 spiro atoms. The summed E-state index contributed by atoms with van der Waals surface area (Å²) in [5.74, 6) is 1.50. The largest absolute Gasteiger partial charge is 0.480 e. The number of carbonyl (C=O) groups is 2.